The topological polar surface area (TPSA) is 58.1 Å². The summed E-state index contributed by atoms with van der Waals surface area (Å²) in [5.74, 6) is 0.683. The van der Waals surface area contributed by atoms with Crippen LogP contribution in [0.1, 0.15) is 38.1 Å². The van der Waals surface area contributed by atoms with Crippen molar-refractivity contribution in [2.75, 3.05) is 13.1 Å². The Morgan fingerprint density at radius 1 is 1.17 bits per heavy atom. The number of hydrogen-bond acceptors (Lipinski definition) is 2. The largest absolute Gasteiger partial charge is 0.343 e. The molecule has 24 heavy (non-hydrogen) atoms. The van der Waals surface area contributed by atoms with E-state index in [1.807, 2.05) is 33.7 Å². The zero-order chi connectivity index (χ0) is 16.5. The number of aromatic amines is 1. The van der Waals surface area contributed by atoms with Gasteiger partial charge in [0.1, 0.15) is 0 Å². The highest BCUT2D eigenvalue weighted by Gasteiger charge is 2.27. The minimum atomic E-state index is -0.0444. The molecule has 0 unspecified atom stereocenters. The number of nitrogens with zero attached hydrogens (tertiary/aromatic N) is 2. The van der Waals surface area contributed by atoms with Crippen LogP contribution in [-0.4, -0.2) is 33.4 Å². The number of para-hydroxylation sites is 2. The number of aromatic nitrogens is 2. The SMILES string of the molecule is O=C(C[C@H]1C=CCC1)N1CCC(n2c(=O)[nH]c3ccccc32)CC1. The first-order valence-corrected chi connectivity index (χ1v) is 8.86. The summed E-state index contributed by atoms with van der Waals surface area (Å²) in [7, 11) is 0. The Labute approximate surface area is 141 Å². The lowest BCUT2D eigenvalue weighted by Gasteiger charge is -2.33. The molecule has 1 aromatic carbocycles. The van der Waals surface area contributed by atoms with Crippen molar-refractivity contribution in [3.63, 3.8) is 0 Å². The van der Waals surface area contributed by atoms with Crippen LogP contribution in [0.5, 0.6) is 0 Å². The normalized spacial score (nSPS) is 21.7. The molecule has 4 rings (SSSR count). The van der Waals surface area contributed by atoms with Gasteiger partial charge in [-0.3, -0.25) is 9.36 Å². The van der Waals surface area contributed by atoms with E-state index in [9.17, 15) is 9.59 Å². The maximum atomic E-state index is 12.4. The summed E-state index contributed by atoms with van der Waals surface area (Å²) in [5.41, 5.74) is 1.80. The monoisotopic (exact) mass is 325 g/mol. The minimum Gasteiger partial charge on any atom is -0.343 e. The smallest absolute Gasteiger partial charge is 0.326 e. The van der Waals surface area contributed by atoms with Gasteiger partial charge in [-0.05, 0) is 43.7 Å². The molecule has 126 valence electrons. The minimum absolute atomic E-state index is 0.0444. The zero-order valence-corrected chi connectivity index (χ0v) is 13.8. The standard InChI is InChI=1S/C19H23N3O2/c23-18(13-14-5-1-2-6-14)21-11-9-15(10-12-21)22-17-8-4-3-7-16(17)20-19(22)24/h1,3-5,7-8,14-15H,2,6,9-13H2,(H,20,24)/t14-/m0/s1. The van der Waals surface area contributed by atoms with E-state index >= 15 is 0 Å². The number of benzene rings is 1. The molecular formula is C19H23N3O2. The number of carbonyl (C=O) groups is 1. The fraction of sp³-hybridized carbons (Fsp3) is 0.474. The average Bonchev–Trinajstić information content (AvgIpc) is 3.21. The van der Waals surface area contributed by atoms with E-state index in [4.69, 9.17) is 0 Å². The van der Waals surface area contributed by atoms with Crippen molar-refractivity contribution in [3.05, 3.63) is 46.9 Å². The molecule has 1 N–H and O–H groups in total. The Balaban J connectivity index is 1.44. The zero-order valence-electron chi connectivity index (χ0n) is 13.8. The van der Waals surface area contributed by atoms with E-state index in [0.29, 0.717) is 12.3 Å². The molecule has 0 saturated carbocycles. The van der Waals surface area contributed by atoms with Gasteiger partial charge in [-0.25, -0.2) is 4.79 Å². The van der Waals surface area contributed by atoms with Gasteiger partial charge in [0.2, 0.25) is 5.91 Å². The number of fused-ring (bicyclic) bond motifs is 1. The predicted octanol–water partition coefficient (Wildman–Crippen LogP) is 2.85. The first kappa shape index (κ1) is 15.2. The third-order valence-corrected chi connectivity index (χ3v) is 5.36. The van der Waals surface area contributed by atoms with Gasteiger partial charge in [0.15, 0.2) is 0 Å². The van der Waals surface area contributed by atoms with Gasteiger partial charge in [-0.1, -0.05) is 24.3 Å². The van der Waals surface area contributed by atoms with Crippen molar-refractivity contribution in [3.8, 4) is 0 Å². The number of amides is 1. The number of imidazole rings is 1. The number of carbonyl (C=O) groups excluding carboxylic acids is 1. The molecule has 2 heterocycles. The van der Waals surface area contributed by atoms with Crippen molar-refractivity contribution in [1.82, 2.24) is 14.5 Å². The molecule has 2 aliphatic rings. The summed E-state index contributed by atoms with van der Waals surface area (Å²) in [4.78, 5) is 29.6. The van der Waals surface area contributed by atoms with E-state index in [1.54, 1.807) is 0 Å². The van der Waals surface area contributed by atoms with Crippen LogP contribution in [0.2, 0.25) is 0 Å². The highest BCUT2D eigenvalue weighted by molar-refractivity contribution is 5.77. The Morgan fingerprint density at radius 2 is 1.96 bits per heavy atom. The lowest BCUT2D eigenvalue weighted by atomic mass is 10.0. The third kappa shape index (κ3) is 2.79. The Hall–Kier alpha value is -2.30. The van der Waals surface area contributed by atoms with Crippen LogP contribution in [0.3, 0.4) is 0 Å². The average molecular weight is 325 g/mol. The highest BCUT2D eigenvalue weighted by atomic mass is 16.2. The number of hydrogen-bond donors (Lipinski definition) is 1. The molecule has 0 bridgehead atoms. The van der Waals surface area contributed by atoms with Crippen molar-refractivity contribution in [1.29, 1.82) is 0 Å². The summed E-state index contributed by atoms with van der Waals surface area (Å²) in [5, 5.41) is 0. The van der Waals surface area contributed by atoms with Gasteiger partial charge in [0, 0.05) is 25.6 Å². The molecule has 5 heteroatoms. The fourth-order valence-electron chi connectivity index (χ4n) is 4.03. The summed E-state index contributed by atoms with van der Waals surface area (Å²) >= 11 is 0. The Bertz CT molecular complexity index is 824. The van der Waals surface area contributed by atoms with Crippen LogP contribution >= 0.6 is 0 Å². The Kier molecular flexibility index (Phi) is 4.00. The van der Waals surface area contributed by atoms with Crippen LogP contribution in [-0.2, 0) is 4.79 Å². The van der Waals surface area contributed by atoms with Crippen LogP contribution in [0.15, 0.2) is 41.2 Å². The maximum absolute atomic E-state index is 12.4. The molecule has 1 atom stereocenters. The van der Waals surface area contributed by atoms with Crippen LogP contribution < -0.4 is 5.69 Å². The van der Waals surface area contributed by atoms with E-state index in [2.05, 4.69) is 17.1 Å². The molecule has 1 aliphatic heterocycles. The molecule has 5 nitrogen and oxygen atoms in total. The van der Waals surface area contributed by atoms with Crippen molar-refractivity contribution >= 4 is 16.9 Å². The van der Waals surface area contributed by atoms with Gasteiger partial charge in [-0.2, -0.15) is 0 Å². The number of piperidine rings is 1. The second-order valence-electron chi connectivity index (χ2n) is 6.90. The van der Waals surface area contributed by atoms with Gasteiger partial charge in [0.05, 0.1) is 11.0 Å². The fourth-order valence-corrected chi connectivity index (χ4v) is 4.03. The molecule has 1 fully saturated rings. The maximum Gasteiger partial charge on any atom is 0.326 e. The van der Waals surface area contributed by atoms with E-state index < -0.39 is 0 Å². The number of nitrogens with one attached hydrogen (secondary N) is 1. The van der Waals surface area contributed by atoms with E-state index in [0.717, 1.165) is 49.8 Å². The molecule has 1 aromatic heterocycles. The summed E-state index contributed by atoms with van der Waals surface area (Å²) in [6.07, 6.45) is 8.87. The van der Waals surface area contributed by atoms with Crippen molar-refractivity contribution in [2.24, 2.45) is 5.92 Å². The van der Waals surface area contributed by atoms with Gasteiger partial charge in [0.25, 0.3) is 0 Å². The number of H-pyrrole nitrogens is 1. The first-order valence-electron chi connectivity index (χ1n) is 8.86. The second-order valence-corrected chi connectivity index (χ2v) is 6.90. The molecule has 0 radical (unpaired) electrons. The number of likely N-dealkylation sites (tertiary alicyclic amines) is 1. The number of rotatable bonds is 3. The molecule has 1 amide bonds. The van der Waals surface area contributed by atoms with Crippen molar-refractivity contribution in [2.45, 2.75) is 38.1 Å². The van der Waals surface area contributed by atoms with Crippen LogP contribution in [0, 0.1) is 5.92 Å². The van der Waals surface area contributed by atoms with Gasteiger partial charge >= 0.3 is 5.69 Å². The quantitative estimate of drug-likeness (QED) is 0.882. The molecule has 0 spiro atoms. The van der Waals surface area contributed by atoms with Crippen molar-refractivity contribution < 1.29 is 4.79 Å². The van der Waals surface area contributed by atoms with E-state index in [-0.39, 0.29) is 17.6 Å². The summed E-state index contributed by atoms with van der Waals surface area (Å²) < 4.78 is 1.87. The lowest BCUT2D eigenvalue weighted by Crippen LogP contribution is -2.40. The van der Waals surface area contributed by atoms with Gasteiger partial charge in [-0.15, -0.1) is 0 Å². The number of allylic oxidation sites excluding steroid dienone is 2. The highest BCUT2D eigenvalue weighted by Crippen LogP contribution is 2.27. The van der Waals surface area contributed by atoms with Crippen LogP contribution in [0.25, 0.3) is 11.0 Å². The summed E-state index contributed by atoms with van der Waals surface area (Å²) in [6.45, 7) is 1.48. The molecule has 1 saturated heterocycles. The second kappa shape index (κ2) is 6.30. The lowest BCUT2D eigenvalue weighted by molar-refractivity contribution is -0.133. The Morgan fingerprint density at radius 3 is 2.71 bits per heavy atom. The predicted molar refractivity (Wildman–Crippen MR) is 93.9 cm³/mol. The third-order valence-electron chi connectivity index (χ3n) is 5.36. The molecular weight excluding hydrogens is 302 g/mol. The van der Waals surface area contributed by atoms with Gasteiger partial charge < -0.3 is 9.88 Å². The van der Waals surface area contributed by atoms with E-state index in [1.165, 1.54) is 0 Å². The van der Waals surface area contributed by atoms with Crippen LogP contribution in [0.4, 0.5) is 0 Å². The molecule has 2 aromatic rings. The molecule has 1 aliphatic carbocycles. The summed E-state index contributed by atoms with van der Waals surface area (Å²) in [6, 6.07) is 7.98. The first-order chi connectivity index (χ1) is 11.7.